The lowest BCUT2D eigenvalue weighted by Crippen LogP contribution is -2.21. The summed E-state index contributed by atoms with van der Waals surface area (Å²) in [4.78, 5) is 24.1. The molecule has 2 rings (SSSR count). The van der Waals surface area contributed by atoms with Crippen LogP contribution in [0.15, 0.2) is 42.5 Å². The van der Waals surface area contributed by atoms with Gasteiger partial charge in [0.1, 0.15) is 17.9 Å². The second-order valence-corrected chi connectivity index (χ2v) is 5.25. The molecule has 2 amide bonds. The van der Waals surface area contributed by atoms with E-state index in [9.17, 15) is 9.59 Å². The van der Waals surface area contributed by atoms with Gasteiger partial charge >= 0.3 is 0 Å². The topological polar surface area (TPSA) is 76.7 Å². The Balaban J connectivity index is 1.99. The van der Waals surface area contributed by atoms with Gasteiger partial charge in [0.15, 0.2) is 0 Å². The van der Waals surface area contributed by atoms with Crippen LogP contribution in [-0.2, 0) is 9.59 Å². The van der Waals surface area contributed by atoms with Crippen LogP contribution in [0, 0.1) is 0 Å². The van der Waals surface area contributed by atoms with Crippen LogP contribution < -0.4 is 20.1 Å². The number of methoxy groups -OCH3 is 2. The molecule has 2 aromatic carbocycles. The lowest BCUT2D eigenvalue weighted by Gasteiger charge is -2.12. The fraction of sp³-hybridized carbons (Fsp3) is 0.176. The number of para-hydroxylation sites is 2. The molecular weight excluding hydrogens is 332 g/mol. The molecule has 0 bridgehead atoms. The number of halogens is 1. The molecular formula is C17H17ClN2O4. The SMILES string of the molecule is COc1ccccc1NC(=O)CC(=O)Nc1cc(Cl)ccc1OC. The summed E-state index contributed by atoms with van der Waals surface area (Å²) in [7, 11) is 2.98. The Morgan fingerprint density at radius 1 is 0.917 bits per heavy atom. The Morgan fingerprint density at radius 3 is 2.17 bits per heavy atom. The Hall–Kier alpha value is -2.73. The van der Waals surface area contributed by atoms with E-state index in [1.165, 1.54) is 14.2 Å². The van der Waals surface area contributed by atoms with Crippen molar-refractivity contribution in [3.05, 3.63) is 47.5 Å². The van der Waals surface area contributed by atoms with Crippen molar-refractivity contribution in [1.82, 2.24) is 0 Å². The first kappa shape index (κ1) is 17.6. The van der Waals surface area contributed by atoms with Crippen molar-refractivity contribution in [1.29, 1.82) is 0 Å². The van der Waals surface area contributed by atoms with Crippen LogP contribution in [0.5, 0.6) is 11.5 Å². The lowest BCUT2D eigenvalue weighted by atomic mass is 10.2. The molecule has 24 heavy (non-hydrogen) atoms. The van der Waals surface area contributed by atoms with Crippen LogP contribution >= 0.6 is 11.6 Å². The van der Waals surface area contributed by atoms with Crippen LogP contribution in [0.1, 0.15) is 6.42 Å². The predicted molar refractivity (Wildman–Crippen MR) is 92.9 cm³/mol. The van der Waals surface area contributed by atoms with E-state index in [4.69, 9.17) is 21.1 Å². The highest BCUT2D eigenvalue weighted by molar-refractivity contribution is 6.31. The maximum Gasteiger partial charge on any atom is 0.233 e. The first-order valence-corrected chi connectivity index (χ1v) is 7.47. The summed E-state index contributed by atoms with van der Waals surface area (Å²) in [6.07, 6.45) is -0.353. The van der Waals surface area contributed by atoms with Crippen LogP contribution in [0.4, 0.5) is 11.4 Å². The molecule has 0 aromatic heterocycles. The molecule has 2 N–H and O–H groups in total. The van der Waals surface area contributed by atoms with Crippen molar-refractivity contribution >= 4 is 34.8 Å². The van der Waals surface area contributed by atoms with Crippen LogP contribution in [0.3, 0.4) is 0 Å². The van der Waals surface area contributed by atoms with Gasteiger partial charge < -0.3 is 20.1 Å². The number of rotatable bonds is 6. The van der Waals surface area contributed by atoms with E-state index in [1.807, 2.05) is 0 Å². The zero-order chi connectivity index (χ0) is 17.5. The molecule has 0 spiro atoms. The molecule has 0 radical (unpaired) electrons. The summed E-state index contributed by atoms with van der Waals surface area (Å²) in [6.45, 7) is 0. The summed E-state index contributed by atoms with van der Waals surface area (Å²) in [5.41, 5.74) is 0.901. The van der Waals surface area contributed by atoms with Gasteiger partial charge in [0.2, 0.25) is 11.8 Å². The van der Waals surface area contributed by atoms with Crippen molar-refractivity contribution < 1.29 is 19.1 Å². The standard InChI is InChI=1S/C17H17ClN2O4/c1-23-14-6-4-3-5-12(14)19-16(21)10-17(22)20-13-9-11(18)7-8-15(13)24-2/h3-9H,10H2,1-2H3,(H,19,21)(H,20,22). The van der Waals surface area contributed by atoms with Crippen molar-refractivity contribution in [2.24, 2.45) is 0 Å². The summed E-state index contributed by atoms with van der Waals surface area (Å²) >= 11 is 5.90. The summed E-state index contributed by atoms with van der Waals surface area (Å²) in [5, 5.41) is 5.69. The molecule has 0 fully saturated rings. The van der Waals surface area contributed by atoms with Gasteiger partial charge in [-0.25, -0.2) is 0 Å². The number of hydrogen-bond donors (Lipinski definition) is 2. The highest BCUT2D eigenvalue weighted by Crippen LogP contribution is 2.28. The van der Waals surface area contributed by atoms with Crippen LogP contribution in [0.25, 0.3) is 0 Å². The summed E-state index contributed by atoms with van der Waals surface area (Å²) in [6, 6.07) is 11.8. The molecule has 0 heterocycles. The fourth-order valence-electron chi connectivity index (χ4n) is 2.06. The molecule has 2 aromatic rings. The van der Waals surface area contributed by atoms with E-state index in [0.29, 0.717) is 27.9 Å². The third-order valence-electron chi connectivity index (χ3n) is 3.14. The second-order valence-electron chi connectivity index (χ2n) is 4.82. The first-order chi connectivity index (χ1) is 11.5. The van der Waals surface area contributed by atoms with Crippen molar-refractivity contribution in [2.75, 3.05) is 24.9 Å². The minimum Gasteiger partial charge on any atom is -0.495 e. The highest BCUT2D eigenvalue weighted by atomic mass is 35.5. The summed E-state index contributed by atoms with van der Waals surface area (Å²) in [5.74, 6) is 0.0293. The Kier molecular flexibility index (Phi) is 6.03. The number of nitrogens with one attached hydrogen (secondary N) is 2. The molecule has 0 saturated carbocycles. The quantitative estimate of drug-likeness (QED) is 0.785. The van der Waals surface area contributed by atoms with E-state index < -0.39 is 11.8 Å². The van der Waals surface area contributed by atoms with Crippen LogP contribution in [-0.4, -0.2) is 26.0 Å². The highest BCUT2D eigenvalue weighted by Gasteiger charge is 2.14. The van der Waals surface area contributed by atoms with E-state index in [0.717, 1.165) is 0 Å². The molecule has 0 aliphatic carbocycles. The van der Waals surface area contributed by atoms with Gasteiger partial charge in [-0.1, -0.05) is 23.7 Å². The Bertz CT molecular complexity index is 749. The monoisotopic (exact) mass is 348 g/mol. The van der Waals surface area contributed by atoms with E-state index >= 15 is 0 Å². The zero-order valence-electron chi connectivity index (χ0n) is 13.3. The molecule has 0 unspecified atom stereocenters. The molecule has 6 nitrogen and oxygen atoms in total. The fourth-order valence-corrected chi connectivity index (χ4v) is 2.23. The summed E-state index contributed by atoms with van der Waals surface area (Å²) < 4.78 is 10.3. The van der Waals surface area contributed by atoms with E-state index in [1.54, 1.807) is 42.5 Å². The molecule has 0 saturated heterocycles. The van der Waals surface area contributed by atoms with E-state index in [-0.39, 0.29) is 6.42 Å². The smallest absolute Gasteiger partial charge is 0.233 e. The first-order valence-electron chi connectivity index (χ1n) is 7.09. The van der Waals surface area contributed by atoms with Crippen molar-refractivity contribution in [3.8, 4) is 11.5 Å². The maximum atomic E-state index is 12.0. The van der Waals surface area contributed by atoms with Gasteiger partial charge in [0, 0.05) is 5.02 Å². The number of amides is 2. The number of hydrogen-bond acceptors (Lipinski definition) is 4. The predicted octanol–water partition coefficient (Wildman–Crippen LogP) is 3.32. The maximum absolute atomic E-state index is 12.0. The van der Waals surface area contributed by atoms with Gasteiger partial charge in [0.25, 0.3) is 0 Å². The molecule has 0 aliphatic heterocycles. The largest absolute Gasteiger partial charge is 0.495 e. The Labute approximate surface area is 144 Å². The number of anilines is 2. The minimum absolute atomic E-state index is 0.353. The van der Waals surface area contributed by atoms with Gasteiger partial charge in [-0.2, -0.15) is 0 Å². The normalized spacial score (nSPS) is 9.96. The number of carbonyl (C=O) groups is 2. The van der Waals surface area contributed by atoms with E-state index in [2.05, 4.69) is 10.6 Å². The van der Waals surface area contributed by atoms with Gasteiger partial charge in [-0.05, 0) is 30.3 Å². The number of carbonyl (C=O) groups excluding carboxylic acids is 2. The second kappa shape index (κ2) is 8.21. The molecule has 0 aliphatic rings. The number of ether oxygens (including phenoxy) is 2. The number of benzene rings is 2. The third-order valence-corrected chi connectivity index (χ3v) is 3.37. The van der Waals surface area contributed by atoms with Crippen molar-refractivity contribution in [3.63, 3.8) is 0 Å². The average Bonchev–Trinajstić information content (AvgIpc) is 2.55. The third kappa shape index (κ3) is 4.63. The minimum atomic E-state index is -0.483. The van der Waals surface area contributed by atoms with Gasteiger partial charge in [0.05, 0.1) is 25.6 Å². The average molecular weight is 349 g/mol. The molecule has 126 valence electrons. The molecule has 7 heteroatoms. The van der Waals surface area contributed by atoms with Crippen molar-refractivity contribution in [2.45, 2.75) is 6.42 Å². The Morgan fingerprint density at radius 2 is 1.50 bits per heavy atom. The van der Waals surface area contributed by atoms with Crippen LogP contribution in [0.2, 0.25) is 5.02 Å². The van der Waals surface area contributed by atoms with Gasteiger partial charge in [-0.15, -0.1) is 0 Å². The zero-order valence-corrected chi connectivity index (χ0v) is 14.0. The molecule has 0 atom stereocenters. The van der Waals surface area contributed by atoms with Gasteiger partial charge in [-0.3, -0.25) is 9.59 Å². The lowest BCUT2D eigenvalue weighted by molar-refractivity contribution is -0.123.